The Morgan fingerprint density at radius 1 is 1.12 bits per heavy atom. The van der Waals surface area contributed by atoms with Crippen molar-refractivity contribution in [2.45, 2.75) is 37.9 Å². The second-order valence-corrected chi connectivity index (χ2v) is 8.73. The zero-order valence-corrected chi connectivity index (χ0v) is 19.6. The molecule has 32 heavy (non-hydrogen) atoms. The first-order valence-corrected chi connectivity index (χ1v) is 11.5. The maximum atomic E-state index is 13.2. The Balaban J connectivity index is 1.49. The molecule has 0 bridgehead atoms. The summed E-state index contributed by atoms with van der Waals surface area (Å²) in [5.41, 5.74) is 4.23. The first kappa shape index (κ1) is 22.1. The number of methoxy groups -OCH3 is 2. The van der Waals surface area contributed by atoms with Crippen molar-refractivity contribution in [3.63, 3.8) is 0 Å². The molecule has 1 atom stereocenters. The largest absolute Gasteiger partial charge is 0.497 e. The minimum Gasteiger partial charge on any atom is -0.497 e. The van der Waals surface area contributed by atoms with E-state index < -0.39 is 0 Å². The van der Waals surface area contributed by atoms with Crippen molar-refractivity contribution in [2.75, 3.05) is 26.5 Å². The Bertz CT molecular complexity index is 1120. The summed E-state index contributed by atoms with van der Waals surface area (Å²) in [6.45, 7) is 4.84. The molecule has 9 heteroatoms. The fourth-order valence-corrected chi connectivity index (χ4v) is 4.76. The van der Waals surface area contributed by atoms with Gasteiger partial charge in [-0.15, -0.1) is 5.10 Å². The van der Waals surface area contributed by atoms with Gasteiger partial charge in [0.05, 0.1) is 31.7 Å². The molecule has 0 aliphatic carbocycles. The minimum atomic E-state index is -0.0381. The number of carbonyl (C=O) groups excluding carboxylic acids is 1. The Hall–Kier alpha value is -3.07. The third kappa shape index (κ3) is 4.43. The molecule has 0 spiro atoms. The summed E-state index contributed by atoms with van der Waals surface area (Å²) in [6.07, 6.45) is 1.84. The number of carbonyl (C=O) groups is 1. The lowest BCUT2D eigenvalue weighted by molar-refractivity contribution is -0.129. The number of hydrogen-bond donors (Lipinski definition) is 0. The van der Waals surface area contributed by atoms with Crippen LogP contribution in [0.2, 0.25) is 0 Å². The summed E-state index contributed by atoms with van der Waals surface area (Å²) in [4.78, 5) is 15.1. The summed E-state index contributed by atoms with van der Waals surface area (Å²) >= 11 is 1.35. The van der Waals surface area contributed by atoms with Crippen LogP contribution in [0.1, 0.15) is 35.6 Å². The van der Waals surface area contributed by atoms with E-state index in [2.05, 4.69) is 29.4 Å². The van der Waals surface area contributed by atoms with Crippen molar-refractivity contribution in [1.82, 2.24) is 25.1 Å². The van der Waals surface area contributed by atoms with Crippen LogP contribution in [-0.2, 0) is 4.79 Å². The zero-order valence-electron chi connectivity index (χ0n) is 18.7. The normalized spacial score (nSPS) is 15.8. The summed E-state index contributed by atoms with van der Waals surface area (Å²) in [6, 6.07) is 11.8. The van der Waals surface area contributed by atoms with E-state index in [1.165, 1.54) is 17.3 Å². The second-order valence-electron chi connectivity index (χ2n) is 7.78. The number of aromatic nitrogens is 4. The molecule has 1 unspecified atom stereocenters. The highest BCUT2D eigenvalue weighted by Crippen LogP contribution is 2.39. The van der Waals surface area contributed by atoms with E-state index in [4.69, 9.17) is 9.47 Å². The highest BCUT2D eigenvalue weighted by Gasteiger charge is 2.32. The van der Waals surface area contributed by atoms with Gasteiger partial charge >= 0.3 is 0 Å². The van der Waals surface area contributed by atoms with E-state index in [0.717, 1.165) is 41.2 Å². The lowest BCUT2D eigenvalue weighted by Gasteiger charge is -2.26. The molecule has 0 saturated carbocycles. The van der Waals surface area contributed by atoms with Gasteiger partial charge in [0.25, 0.3) is 0 Å². The number of benzene rings is 2. The highest BCUT2D eigenvalue weighted by atomic mass is 32.2. The van der Waals surface area contributed by atoms with Crippen LogP contribution in [0.15, 0.2) is 41.6 Å². The average Bonchev–Trinajstić information content (AvgIpc) is 3.48. The first-order valence-electron chi connectivity index (χ1n) is 10.5. The summed E-state index contributed by atoms with van der Waals surface area (Å²) in [7, 11) is 3.29. The van der Waals surface area contributed by atoms with E-state index in [1.54, 1.807) is 18.9 Å². The number of nitrogens with zero attached hydrogens (tertiary/aromatic N) is 5. The number of ether oxygens (including phenoxy) is 2. The predicted octanol–water partition coefficient (Wildman–Crippen LogP) is 3.75. The van der Waals surface area contributed by atoms with Crippen LogP contribution < -0.4 is 9.47 Å². The van der Waals surface area contributed by atoms with Gasteiger partial charge in [-0.1, -0.05) is 17.8 Å². The van der Waals surface area contributed by atoms with Gasteiger partial charge in [-0.2, -0.15) is 4.68 Å². The third-order valence-corrected chi connectivity index (χ3v) is 6.77. The van der Waals surface area contributed by atoms with Gasteiger partial charge in [0, 0.05) is 12.1 Å². The second kappa shape index (κ2) is 9.60. The predicted molar refractivity (Wildman–Crippen MR) is 123 cm³/mol. The van der Waals surface area contributed by atoms with Crippen molar-refractivity contribution in [2.24, 2.45) is 0 Å². The fraction of sp³-hybridized carbons (Fsp3) is 0.391. The fourth-order valence-electron chi connectivity index (χ4n) is 3.99. The van der Waals surface area contributed by atoms with Gasteiger partial charge in [-0.25, -0.2) is 0 Å². The van der Waals surface area contributed by atoms with Crippen molar-refractivity contribution in [1.29, 1.82) is 0 Å². The Kier molecular flexibility index (Phi) is 6.64. The summed E-state index contributed by atoms with van der Waals surface area (Å²) < 4.78 is 12.6. The standard InChI is InChI=1S/C23H27N5O3S/c1-15-7-8-17(12-16(15)2)28-23(24-25-26-28)32-14-22(29)27-11-5-6-20(27)19-13-18(30-3)9-10-21(19)31-4/h7-10,12-13,20H,5-6,11,14H2,1-4H3. The van der Waals surface area contributed by atoms with Crippen LogP contribution in [0, 0.1) is 13.8 Å². The number of amides is 1. The van der Waals surface area contributed by atoms with Crippen LogP contribution in [-0.4, -0.2) is 57.5 Å². The highest BCUT2D eigenvalue weighted by molar-refractivity contribution is 7.99. The van der Waals surface area contributed by atoms with Crippen LogP contribution in [0.5, 0.6) is 11.5 Å². The van der Waals surface area contributed by atoms with Crippen LogP contribution in [0.25, 0.3) is 5.69 Å². The number of hydrogen-bond acceptors (Lipinski definition) is 7. The molecule has 4 rings (SSSR count). The van der Waals surface area contributed by atoms with Gasteiger partial charge in [-0.05, 0) is 78.6 Å². The molecule has 2 heterocycles. The number of thioether (sulfide) groups is 1. The summed E-state index contributed by atoms with van der Waals surface area (Å²) in [5.74, 6) is 1.83. The van der Waals surface area contributed by atoms with Crippen LogP contribution in [0.4, 0.5) is 0 Å². The number of rotatable bonds is 7. The van der Waals surface area contributed by atoms with Crippen molar-refractivity contribution >= 4 is 17.7 Å². The molecule has 0 N–H and O–H groups in total. The van der Waals surface area contributed by atoms with Gasteiger partial charge in [0.1, 0.15) is 11.5 Å². The molecule has 1 aromatic heterocycles. The lowest BCUT2D eigenvalue weighted by atomic mass is 10.0. The van der Waals surface area contributed by atoms with E-state index >= 15 is 0 Å². The monoisotopic (exact) mass is 453 g/mol. The molecule has 8 nitrogen and oxygen atoms in total. The van der Waals surface area contributed by atoms with Crippen LogP contribution >= 0.6 is 11.8 Å². The van der Waals surface area contributed by atoms with Crippen molar-refractivity contribution in [3.05, 3.63) is 53.1 Å². The molecule has 1 saturated heterocycles. The topological polar surface area (TPSA) is 82.4 Å². The molecule has 0 radical (unpaired) electrons. The van der Waals surface area contributed by atoms with Gasteiger partial charge < -0.3 is 14.4 Å². The van der Waals surface area contributed by atoms with Gasteiger partial charge in [0.15, 0.2) is 0 Å². The Morgan fingerprint density at radius 3 is 2.72 bits per heavy atom. The van der Waals surface area contributed by atoms with E-state index in [1.807, 2.05) is 41.3 Å². The SMILES string of the molecule is COc1ccc(OC)c(C2CCCN2C(=O)CSc2nnnn2-c2ccc(C)c(C)c2)c1. The number of likely N-dealkylation sites (tertiary alicyclic amines) is 1. The molecule has 1 amide bonds. The lowest BCUT2D eigenvalue weighted by Crippen LogP contribution is -2.32. The first-order chi connectivity index (χ1) is 15.5. The average molecular weight is 454 g/mol. The van der Waals surface area contributed by atoms with Crippen molar-refractivity contribution in [3.8, 4) is 17.2 Å². The number of tetrazole rings is 1. The molecule has 1 aliphatic rings. The Morgan fingerprint density at radius 2 is 1.97 bits per heavy atom. The number of aryl methyl sites for hydroxylation is 2. The van der Waals surface area contributed by atoms with E-state index in [9.17, 15) is 4.79 Å². The summed E-state index contributed by atoms with van der Waals surface area (Å²) in [5, 5.41) is 12.7. The third-order valence-electron chi connectivity index (χ3n) is 5.87. The molecular formula is C23H27N5O3S. The van der Waals surface area contributed by atoms with Crippen LogP contribution in [0.3, 0.4) is 0 Å². The zero-order chi connectivity index (χ0) is 22.7. The molecule has 168 valence electrons. The molecule has 2 aromatic carbocycles. The quantitative estimate of drug-likeness (QED) is 0.504. The van der Waals surface area contributed by atoms with E-state index in [0.29, 0.717) is 11.7 Å². The smallest absolute Gasteiger partial charge is 0.233 e. The molecule has 3 aromatic rings. The van der Waals surface area contributed by atoms with Crippen molar-refractivity contribution < 1.29 is 14.3 Å². The Labute approximate surface area is 191 Å². The minimum absolute atomic E-state index is 0.0381. The maximum Gasteiger partial charge on any atom is 0.233 e. The molecular weight excluding hydrogens is 426 g/mol. The van der Waals surface area contributed by atoms with E-state index in [-0.39, 0.29) is 17.7 Å². The maximum absolute atomic E-state index is 13.2. The molecule has 1 aliphatic heterocycles. The van der Waals surface area contributed by atoms with Gasteiger partial charge in [0.2, 0.25) is 11.1 Å². The van der Waals surface area contributed by atoms with Gasteiger partial charge in [-0.3, -0.25) is 4.79 Å². The molecule has 1 fully saturated rings.